The Bertz CT molecular complexity index is 335. The largest absolute Gasteiger partial charge is 0.375 e. The lowest BCUT2D eigenvalue weighted by atomic mass is 9.84. The third-order valence-corrected chi connectivity index (χ3v) is 3.98. The van der Waals surface area contributed by atoms with Gasteiger partial charge in [-0.1, -0.05) is 30.3 Å². The molecule has 2 fully saturated rings. The van der Waals surface area contributed by atoms with Gasteiger partial charge in [-0.25, -0.2) is 0 Å². The van der Waals surface area contributed by atoms with Crippen molar-refractivity contribution in [2.24, 2.45) is 0 Å². The molecule has 0 bridgehead atoms. The van der Waals surface area contributed by atoms with Crippen molar-refractivity contribution in [2.75, 3.05) is 19.7 Å². The fourth-order valence-corrected chi connectivity index (χ4v) is 2.75. The molecule has 16 heavy (non-hydrogen) atoms. The molecule has 0 aliphatic carbocycles. The molecule has 0 N–H and O–H groups in total. The Morgan fingerprint density at radius 2 is 1.75 bits per heavy atom. The van der Waals surface area contributed by atoms with E-state index in [4.69, 9.17) is 4.74 Å². The van der Waals surface area contributed by atoms with E-state index in [0.29, 0.717) is 0 Å². The van der Waals surface area contributed by atoms with Gasteiger partial charge in [0.05, 0.1) is 12.2 Å². The Labute approximate surface area is 97.2 Å². The van der Waals surface area contributed by atoms with Gasteiger partial charge in [0.25, 0.3) is 0 Å². The van der Waals surface area contributed by atoms with Crippen LogP contribution in [0.15, 0.2) is 30.3 Å². The summed E-state index contributed by atoms with van der Waals surface area (Å²) in [4.78, 5) is 2.54. The minimum atomic E-state index is 0.285. The monoisotopic (exact) mass is 217 g/mol. The molecule has 2 aliphatic heterocycles. The van der Waals surface area contributed by atoms with Gasteiger partial charge in [-0.15, -0.1) is 0 Å². The highest BCUT2D eigenvalue weighted by Gasteiger charge is 2.40. The summed E-state index contributed by atoms with van der Waals surface area (Å²) in [5.41, 5.74) is 1.71. The molecule has 2 nitrogen and oxygen atoms in total. The fraction of sp³-hybridized carbons (Fsp3) is 0.571. The van der Waals surface area contributed by atoms with Crippen LogP contribution in [-0.4, -0.2) is 30.2 Å². The van der Waals surface area contributed by atoms with Gasteiger partial charge >= 0.3 is 0 Å². The topological polar surface area (TPSA) is 12.5 Å². The van der Waals surface area contributed by atoms with E-state index in [1.54, 1.807) is 0 Å². The van der Waals surface area contributed by atoms with Crippen LogP contribution >= 0.6 is 0 Å². The predicted molar refractivity (Wildman–Crippen MR) is 64.3 cm³/mol. The van der Waals surface area contributed by atoms with Crippen LogP contribution in [0.5, 0.6) is 0 Å². The van der Waals surface area contributed by atoms with Crippen LogP contribution < -0.4 is 0 Å². The average molecular weight is 217 g/mol. The van der Waals surface area contributed by atoms with Gasteiger partial charge in [-0.3, -0.25) is 4.90 Å². The minimum absolute atomic E-state index is 0.285. The van der Waals surface area contributed by atoms with E-state index in [0.717, 1.165) is 13.2 Å². The van der Waals surface area contributed by atoms with Crippen molar-refractivity contribution in [3.05, 3.63) is 35.9 Å². The summed E-state index contributed by atoms with van der Waals surface area (Å²) in [5, 5.41) is 0. The van der Waals surface area contributed by atoms with Gasteiger partial charge < -0.3 is 4.74 Å². The molecule has 1 aromatic carbocycles. The Kier molecular flexibility index (Phi) is 2.70. The maximum Gasteiger partial charge on any atom is 0.0728 e. The molecule has 0 unspecified atom stereocenters. The van der Waals surface area contributed by atoms with Crippen LogP contribution in [0.4, 0.5) is 0 Å². The first-order chi connectivity index (χ1) is 7.86. The Morgan fingerprint density at radius 3 is 2.31 bits per heavy atom. The van der Waals surface area contributed by atoms with Crippen LogP contribution in [0.1, 0.15) is 24.8 Å². The molecule has 2 aliphatic rings. The van der Waals surface area contributed by atoms with Gasteiger partial charge in [0.1, 0.15) is 0 Å². The van der Waals surface area contributed by atoms with Crippen molar-refractivity contribution in [1.29, 1.82) is 0 Å². The SMILES string of the molecule is c1ccc(CN2CCC3(CCO3)CC2)cc1. The minimum Gasteiger partial charge on any atom is -0.375 e. The van der Waals surface area contributed by atoms with Crippen LogP contribution in [0.3, 0.4) is 0 Å². The number of benzene rings is 1. The number of ether oxygens (including phenoxy) is 1. The smallest absolute Gasteiger partial charge is 0.0728 e. The first kappa shape index (κ1) is 10.3. The van der Waals surface area contributed by atoms with E-state index in [1.807, 2.05) is 0 Å². The molecule has 2 saturated heterocycles. The highest BCUT2D eigenvalue weighted by molar-refractivity contribution is 5.14. The first-order valence-corrected chi connectivity index (χ1v) is 6.27. The maximum absolute atomic E-state index is 5.73. The van der Waals surface area contributed by atoms with Crippen molar-refractivity contribution in [3.63, 3.8) is 0 Å². The third-order valence-electron chi connectivity index (χ3n) is 3.98. The second-order valence-electron chi connectivity index (χ2n) is 5.04. The number of likely N-dealkylation sites (tertiary alicyclic amines) is 1. The van der Waals surface area contributed by atoms with Gasteiger partial charge in [0.2, 0.25) is 0 Å². The predicted octanol–water partition coefficient (Wildman–Crippen LogP) is 2.44. The molecule has 0 atom stereocenters. The lowest BCUT2D eigenvalue weighted by Gasteiger charge is -2.47. The van der Waals surface area contributed by atoms with Gasteiger partial charge in [0, 0.05) is 19.6 Å². The first-order valence-electron chi connectivity index (χ1n) is 6.27. The average Bonchev–Trinajstić information content (AvgIpc) is 2.29. The molecule has 1 aromatic rings. The van der Waals surface area contributed by atoms with E-state index in [-0.39, 0.29) is 5.60 Å². The molecular weight excluding hydrogens is 198 g/mol. The van der Waals surface area contributed by atoms with Crippen LogP contribution in [0.2, 0.25) is 0 Å². The number of rotatable bonds is 2. The molecule has 0 aromatic heterocycles. The van der Waals surface area contributed by atoms with Crippen molar-refractivity contribution >= 4 is 0 Å². The zero-order valence-electron chi connectivity index (χ0n) is 9.69. The van der Waals surface area contributed by atoms with Crippen LogP contribution in [0, 0.1) is 0 Å². The third kappa shape index (κ3) is 2.00. The molecule has 0 saturated carbocycles. The van der Waals surface area contributed by atoms with Crippen molar-refractivity contribution in [3.8, 4) is 0 Å². The summed E-state index contributed by atoms with van der Waals surface area (Å²) < 4.78 is 5.73. The van der Waals surface area contributed by atoms with E-state index >= 15 is 0 Å². The zero-order chi connectivity index (χ0) is 10.8. The van der Waals surface area contributed by atoms with Crippen molar-refractivity contribution in [1.82, 2.24) is 4.90 Å². The zero-order valence-corrected chi connectivity index (χ0v) is 9.69. The number of piperidine rings is 1. The van der Waals surface area contributed by atoms with E-state index in [2.05, 4.69) is 35.2 Å². The van der Waals surface area contributed by atoms with Crippen molar-refractivity contribution in [2.45, 2.75) is 31.4 Å². The number of hydrogen-bond acceptors (Lipinski definition) is 2. The van der Waals surface area contributed by atoms with E-state index in [1.165, 1.54) is 37.9 Å². The van der Waals surface area contributed by atoms with Crippen molar-refractivity contribution < 1.29 is 4.74 Å². The summed E-state index contributed by atoms with van der Waals surface area (Å²) in [6.07, 6.45) is 3.73. The summed E-state index contributed by atoms with van der Waals surface area (Å²) >= 11 is 0. The summed E-state index contributed by atoms with van der Waals surface area (Å²) in [7, 11) is 0. The molecule has 0 amide bonds. The lowest BCUT2D eigenvalue weighted by Crippen LogP contribution is -2.52. The normalized spacial score (nSPS) is 24.2. The molecular formula is C14H19NO. The van der Waals surface area contributed by atoms with Gasteiger partial charge in [-0.2, -0.15) is 0 Å². The van der Waals surface area contributed by atoms with Gasteiger partial charge in [-0.05, 0) is 24.8 Å². The molecule has 86 valence electrons. The van der Waals surface area contributed by atoms with E-state index in [9.17, 15) is 0 Å². The standard InChI is InChI=1S/C14H19NO/c1-2-4-13(5-3-1)12-15-9-6-14(7-10-15)8-11-16-14/h1-5H,6-12H2. The quantitative estimate of drug-likeness (QED) is 0.754. The fourth-order valence-electron chi connectivity index (χ4n) is 2.75. The molecule has 3 rings (SSSR count). The Balaban J connectivity index is 1.54. The molecule has 1 spiro atoms. The number of nitrogens with zero attached hydrogens (tertiary/aromatic N) is 1. The van der Waals surface area contributed by atoms with Crippen LogP contribution in [-0.2, 0) is 11.3 Å². The summed E-state index contributed by atoms with van der Waals surface area (Å²) in [6, 6.07) is 10.7. The lowest BCUT2D eigenvalue weighted by molar-refractivity contribution is -0.173. The van der Waals surface area contributed by atoms with Crippen LogP contribution in [0.25, 0.3) is 0 Å². The molecule has 2 heteroatoms. The highest BCUT2D eigenvalue weighted by Crippen LogP contribution is 2.36. The highest BCUT2D eigenvalue weighted by atomic mass is 16.5. The second kappa shape index (κ2) is 4.19. The number of hydrogen-bond donors (Lipinski definition) is 0. The Hall–Kier alpha value is -0.860. The summed E-state index contributed by atoms with van der Waals surface area (Å²) in [5.74, 6) is 0. The van der Waals surface area contributed by atoms with Gasteiger partial charge in [0.15, 0.2) is 0 Å². The Morgan fingerprint density at radius 1 is 1.06 bits per heavy atom. The molecule has 0 radical (unpaired) electrons. The summed E-state index contributed by atoms with van der Waals surface area (Å²) in [6.45, 7) is 4.46. The molecule has 2 heterocycles. The second-order valence-corrected chi connectivity index (χ2v) is 5.04. The maximum atomic E-state index is 5.73. The van der Waals surface area contributed by atoms with E-state index < -0.39 is 0 Å².